The molecule has 1 saturated carbocycles. The van der Waals surface area contributed by atoms with Crippen LogP contribution in [0.2, 0.25) is 0 Å². The molecule has 1 aliphatic rings. The monoisotopic (exact) mass is 247 g/mol. The van der Waals surface area contributed by atoms with Gasteiger partial charge in [-0.3, -0.25) is 4.79 Å². The van der Waals surface area contributed by atoms with Crippen LogP contribution in [0, 0.1) is 5.92 Å². The van der Waals surface area contributed by atoms with Crippen LogP contribution in [0.1, 0.15) is 31.2 Å². The first-order chi connectivity index (χ1) is 8.75. The van der Waals surface area contributed by atoms with Gasteiger partial charge in [0.2, 0.25) is 0 Å². The van der Waals surface area contributed by atoms with Crippen molar-refractivity contribution < 1.29 is 14.4 Å². The summed E-state index contributed by atoms with van der Waals surface area (Å²) in [5.74, 6) is -0.583. The first-order valence-electron chi connectivity index (χ1n) is 6.29. The molecule has 0 saturated heterocycles. The van der Waals surface area contributed by atoms with Crippen LogP contribution in [0.5, 0.6) is 0 Å². The normalized spacial score (nSPS) is 14.7. The van der Waals surface area contributed by atoms with E-state index >= 15 is 0 Å². The molecule has 96 valence electrons. The van der Waals surface area contributed by atoms with E-state index in [0.29, 0.717) is 12.8 Å². The van der Waals surface area contributed by atoms with E-state index in [9.17, 15) is 9.59 Å². The number of amides is 1. The van der Waals surface area contributed by atoms with Crippen LogP contribution in [0.3, 0.4) is 0 Å². The summed E-state index contributed by atoms with van der Waals surface area (Å²) >= 11 is 0. The third-order valence-corrected chi connectivity index (χ3v) is 3.19. The van der Waals surface area contributed by atoms with Crippen LogP contribution < -0.4 is 5.48 Å². The van der Waals surface area contributed by atoms with E-state index < -0.39 is 0 Å². The largest absolute Gasteiger partial charge is 0.340 e. The maximum absolute atomic E-state index is 11.5. The molecule has 1 aromatic rings. The molecular formula is C14H17NO3. The second-order valence-electron chi connectivity index (χ2n) is 4.56. The van der Waals surface area contributed by atoms with Crippen molar-refractivity contribution in [2.75, 3.05) is 0 Å². The van der Waals surface area contributed by atoms with Gasteiger partial charge in [0.25, 0.3) is 5.91 Å². The van der Waals surface area contributed by atoms with Gasteiger partial charge in [0.1, 0.15) is 0 Å². The Morgan fingerprint density at radius 2 is 1.94 bits per heavy atom. The highest BCUT2D eigenvalue weighted by Gasteiger charge is 2.27. The Morgan fingerprint density at radius 3 is 2.56 bits per heavy atom. The van der Waals surface area contributed by atoms with Gasteiger partial charge in [0, 0.05) is 6.42 Å². The summed E-state index contributed by atoms with van der Waals surface area (Å²) in [5.41, 5.74) is 3.31. The average Bonchev–Trinajstić information content (AvgIpc) is 2.33. The zero-order chi connectivity index (χ0) is 12.8. The average molecular weight is 247 g/mol. The minimum Gasteiger partial charge on any atom is -0.340 e. The molecule has 1 N–H and O–H groups in total. The van der Waals surface area contributed by atoms with E-state index in [0.717, 1.165) is 24.8 Å². The Labute approximate surface area is 106 Å². The maximum Gasteiger partial charge on any atom is 0.335 e. The zero-order valence-corrected chi connectivity index (χ0v) is 10.2. The number of carbonyl (C=O) groups excluding carboxylic acids is 2. The van der Waals surface area contributed by atoms with Crippen molar-refractivity contribution in [1.29, 1.82) is 0 Å². The molecule has 0 bridgehead atoms. The van der Waals surface area contributed by atoms with Gasteiger partial charge in [-0.2, -0.15) is 5.48 Å². The van der Waals surface area contributed by atoms with Crippen LogP contribution in [0.4, 0.5) is 0 Å². The lowest BCUT2D eigenvalue weighted by Crippen LogP contribution is -2.33. The highest BCUT2D eigenvalue weighted by molar-refractivity contribution is 5.79. The predicted octanol–water partition coefficient (Wildman–Crippen LogP) is 1.99. The van der Waals surface area contributed by atoms with Crippen LogP contribution in [0.15, 0.2) is 30.3 Å². The van der Waals surface area contributed by atoms with Crippen LogP contribution >= 0.6 is 0 Å². The molecule has 1 fully saturated rings. The quantitative estimate of drug-likeness (QED) is 0.828. The van der Waals surface area contributed by atoms with E-state index in [1.165, 1.54) is 0 Å². The molecule has 0 unspecified atom stereocenters. The molecule has 0 radical (unpaired) electrons. The SMILES string of the molecule is O=C(CCc1ccccc1)NOC(=O)C1CCC1. The number of carbonyl (C=O) groups is 2. The van der Waals surface area contributed by atoms with Crippen molar-refractivity contribution in [3.8, 4) is 0 Å². The molecule has 2 rings (SSSR count). The second kappa shape index (κ2) is 6.19. The lowest BCUT2D eigenvalue weighted by molar-refractivity contribution is -0.164. The molecule has 1 amide bonds. The molecule has 4 heteroatoms. The minimum atomic E-state index is -0.311. The van der Waals surface area contributed by atoms with Gasteiger partial charge in [0.15, 0.2) is 0 Å². The topological polar surface area (TPSA) is 55.4 Å². The second-order valence-corrected chi connectivity index (χ2v) is 4.56. The van der Waals surface area contributed by atoms with Crippen molar-refractivity contribution in [3.05, 3.63) is 35.9 Å². The van der Waals surface area contributed by atoms with Gasteiger partial charge in [0.05, 0.1) is 5.92 Å². The molecule has 0 aromatic heterocycles. The van der Waals surface area contributed by atoms with Crippen molar-refractivity contribution in [2.45, 2.75) is 32.1 Å². The van der Waals surface area contributed by atoms with E-state index in [1.807, 2.05) is 30.3 Å². The molecule has 4 nitrogen and oxygen atoms in total. The predicted molar refractivity (Wildman–Crippen MR) is 66.3 cm³/mol. The highest BCUT2D eigenvalue weighted by Crippen LogP contribution is 2.26. The highest BCUT2D eigenvalue weighted by atomic mass is 16.7. The van der Waals surface area contributed by atoms with Gasteiger partial charge in [-0.25, -0.2) is 4.79 Å². The fourth-order valence-corrected chi connectivity index (χ4v) is 1.79. The lowest BCUT2D eigenvalue weighted by atomic mass is 9.86. The summed E-state index contributed by atoms with van der Waals surface area (Å²) in [6.45, 7) is 0. The molecule has 0 spiro atoms. The third kappa shape index (κ3) is 3.58. The van der Waals surface area contributed by atoms with E-state index in [2.05, 4.69) is 5.48 Å². The number of rotatable bonds is 4. The van der Waals surface area contributed by atoms with Crippen LogP contribution in [-0.4, -0.2) is 11.9 Å². The van der Waals surface area contributed by atoms with Gasteiger partial charge >= 0.3 is 5.97 Å². The Bertz CT molecular complexity index is 412. The molecule has 0 atom stereocenters. The number of hydrogen-bond donors (Lipinski definition) is 1. The third-order valence-electron chi connectivity index (χ3n) is 3.19. The van der Waals surface area contributed by atoms with Gasteiger partial charge in [-0.15, -0.1) is 0 Å². The number of hydroxylamine groups is 1. The number of hydrogen-bond acceptors (Lipinski definition) is 3. The summed E-state index contributed by atoms with van der Waals surface area (Å²) in [4.78, 5) is 27.6. The molecule has 18 heavy (non-hydrogen) atoms. The maximum atomic E-state index is 11.5. The molecule has 0 aliphatic heterocycles. The Balaban J connectivity index is 1.64. The Morgan fingerprint density at radius 1 is 1.22 bits per heavy atom. The summed E-state index contributed by atoms with van der Waals surface area (Å²) in [6.07, 6.45) is 3.79. The first kappa shape index (κ1) is 12.6. The molecule has 1 aliphatic carbocycles. The van der Waals surface area contributed by atoms with E-state index in [4.69, 9.17) is 4.84 Å². The smallest absolute Gasteiger partial charge is 0.335 e. The Hall–Kier alpha value is -1.84. The summed E-state index contributed by atoms with van der Waals surface area (Å²) in [5, 5.41) is 0. The number of nitrogens with one attached hydrogen (secondary N) is 1. The summed E-state index contributed by atoms with van der Waals surface area (Å²) < 4.78 is 0. The molecule has 1 aromatic carbocycles. The van der Waals surface area contributed by atoms with Gasteiger partial charge in [-0.05, 0) is 24.8 Å². The van der Waals surface area contributed by atoms with Crippen molar-refractivity contribution >= 4 is 11.9 Å². The van der Waals surface area contributed by atoms with Crippen molar-refractivity contribution in [3.63, 3.8) is 0 Å². The fraction of sp³-hybridized carbons (Fsp3) is 0.429. The van der Waals surface area contributed by atoms with Crippen molar-refractivity contribution in [2.24, 2.45) is 5.92 Å². The van der Waals surface area contributed by atoms with E-state index in [1.54, 1.807) is 0 Å². The van der Waals surface area contributed by atoms with Crippen LogP contribution in [-0.2, 0) is 20.8 Å². The van der Waals surface area contributed by atoms with Gasteiger partial charge < -0.3 is 4.84 Å². The number of aryl methyl sites for hydroxylation is 1. The molecule has 0 heterocycles. The summed E-state index contributed by atoms with van der Waals surface area (Å²) in [6, 6.07) is 9.74. The lowest BCUT2D eigenvalue weighted by Gasteiger charge is -2.22. The summed E-state index contributed by atoms with van der Waals surface area (Å²) in [7, 11) is 0. The number of benzene rings is 1. The first-order valence-corrected chi connectivity index (χ1v) is 6.29. The molecular weight excluding hydrogens is 230 g/mol. The standard InChI is InChI=1S/C14H17NO3/c16-13(10-9-11-5-2-1-3-6-11)15-18-14(17)12-7-4-8-12/h1-3,5-6,12H,4,7-10H2,(H,15,16). The van der Waals surface area contributed by atoms with Crippen LogP contribution in [0.25, 0.3) is 0 Å². The fourth-order valence-electron chi connectivity index (χ4n) is 1.79. The zero-order valence-electron chi connectivity index (χ0n) is 10.2. The minimum absolute atomic E-state index is 0.0144. The van der Waals surface area contributed by atoms with Gasteiger partial charge in [-0.1, -0.05) is 36.8 Å². The van der Waals surface area contributed by atoms with E-state index in [-0.39, 0.29) is 17.8 Å². The Kier molecular flexibility index (Phi) is 4.34. The van der Waals surface area contributed by atoms with Crippen molar-refractivity contribution in [1.82, 2.24) is 5.48 Å².